The van der Waals surface area contributed by atoms with Crippen molar-refractivity contribution in [1.82, 2.24) is 34.6 Å². The minimum atomic E-state index is -0.0971. The predicted molar refractivity (Wildman–Crippen MR) is 91.6 cm³/mol. The number of amides is 1. The molecule has 0 N–H and O–H groups in total. The van der Waals surface area contributed by atoms with Gasteiger partial charge in [-0.2, -0.15) is 4.98 Å². The molecule has 0 saturated carbocycles. The number of hydrogen-bond acceptors (Lipinski definition) is 7. The lowest BCUT2D eigenvalue weighted by Gasteiger charge is -2.31. The van der Waals surface area contributed by atoms with E-state index >= 15 is 0 Å². The fourth-order valence-corrected chi connectivity index (χ4v) is 3.53. The van der Waals surface area contributed by atoms with Crippen LogP contribution in [0.3, 0.4) is 0 Å². The Morgan fingerprint density at radius 1 is 1.19 bits per heavy atom. The first kappa shape index (κ1) is 16.6. The molecule has 0 spiro atoms. The smallest absolute Gasteiger partial charge is 0.292 e. The summed E-state index contributed by atoms with van der Waals surface area (Å²) in [5.74, 6) is 2.49. The van der Waals surface area contributed by atoms with Crippen molar-refractivity contribution in [3.63, 3.8) is 0 Å². The van der Waals surface area contributed by atoms with E-state index in [2.05, 4.69) is 25.3 Å². The van der Waals surface area contributed by atoms with Crippen molar-refractivity contribution in [3.05, 3.63) is 35.0 Å². The van der Waals surface area contributed by atoms with Gasteiger partial charge in [-0.1, -0.05) is 5.16 Å². The number of hydrogen-bond donors (Lipinski definition) is 0. The Balaban J connectivity index is 1.45. The third kappa shape index (κ3) is 3.04. The zero-order valence-corrected chi connectivity index (χ0v) is 15.1. The van der Waals surface area contributed by atoms with E-state index in [0.717, 1.165) is 36.5 Å². The van der Waals surface area contributed by atoms with Crippen LogP contribution >= 0.6 is 0 Å². The molecule has 9 nitrogen and oxygen atoms in total. The van der Waals surface area contributed by atoms with Crippen LogP contribution in [0.2, 0.25) is 0 Å². The minimum absolute atomic E-state index is 0.0971. The summed E-state index contributed by atoms with van der Waals surface area (Å²) in [7, 11) is 0. The Hall–Kier alpha value is -2.84. The van der Waals surface area contributed by atoms with Crippen molar-refractivity contribution in [2.24, 2.45) is 5.92 Å². The van der Waals surface area contributed by atoms with Crippen molar-refractivity contribution in [3.8, 4) is 0 Å². The van der Waals surface area contributed by atoms with Crippen LogP contribution in [0.25, 0.3) is 5.78 Å². The number of nitrogens with zero attached hydrogens (tertiary/aromatic N) is 7. The molecule has 3 aromatic rings. The molecule has 136 valence electrons. The van der Waals surface area contributed by atoms with E-state index in [4.69, 9.17) is 4.52 Å². The van der Waals surface area contributed by atoms with E-state index in [1.165, 1.54) is 0 Å². The summed E-state index contributed by atoms with van der Waals surface area (Å²) in [4.78, 5) is 23.4. The zero-order chi connectivity index (χ0) is 18.3. The molecule has 1 aliphatic rings. The van der Waals surface area contributed by atoms with Crippen LogP contribution < -0.4 is 0 Å². The third-order valence-electron chi connectivity index (χ3n) is 4.83. The van der Waals surface area contributed by atoms with Gasteiger partial charge in [0.2, 0.25) is 11.7 Å². The van der Waals surface area contributed by atoms with E-state index < -0.39 is 0 Å². The zero-order valence-electron chi connectivity index (χ0n) is 15.1. The standard InChI is InChI=1S/C17H21N7O2/c1-10-8-11(2)24-15(20-21-17(24)18-10)16(25)23-6-4-13(5-7-23)9-14-19-12(3)26-22-14/h8,13H,4-7,9H2,1-3H3. The highest BCUT2D eigenvalue weighted by atomic mass is 16.5. The van der Waals surface area contributed by atoms with Gasteiger partial charge in [-0.3, -0.25) is 9.20 Å². The Morgan fingerprint density at radius 3 is 2.65 bits per heavy atom. The second-order valence-electron chi connectivity index (χ2n) is 6.87. The van der Waals surface area contributed by atoms with E-state index in [9.17, 15) is 4.79 Å². The van der Waals surface area contributed by atoms with Crippen LogP contribution in [0.1, 0.15) is 46.6 Å². The predicted octanol–water partition coefficient (Wildman–Crippen LogP) is 1.53. The Bertz CT molecular complexity index is 953. The summed E-state index contributed by atoms with van der Waals surface area (Å²) >= 11 is 0. The molecule has 1 fully saturated rings. The van der Waals surface area contributed by atoms with Gasteiger partial charge in [-0.15, -0.1) is 10.2 Å². The van der Waals surface area contributed by atoms with Gasteiger partial charge in [0.1, 0.15) is 0 Å². The molecule has 0 aromatic carbocycles. The van der Waals surface area contributed by atoms with Gasteiger partial charge in [0.15, 0.2) is 5.82 Å². The fraction of sp³-hybridized carbons (Fsp3) is 0.529. The van der Waals surface area contributed by atoms with Crippen LogP contribution in [-0.2, 0) is 6.42 Å². The van der Waals surface area contributed by atoms with Crippen molar-refractivity contribution >= 4 is 11.7 Å². The molecule has 0 atom stereocenters. The molecular weight excluding hydrogens is 334 g/mol. The Morgan fingerprint density at radius 2 is 1.96 bits per heavy atom. The molecule has 1 saturated heterocycles. The number of aryl methyl sites for hydroxylation is 3. The van der Waals surface area contributed by atoms with Gasteiger partial charge in [-0.05, 0) is 38.7 Å². The van der Waals surface area contributed by atoms with Gasteiger partial charge in [-0.25, -0.2) is 4.98 Å². The summed E-state index contributed by atoms with van der Waals surface area (Å²) < 4.78 is 6.75. The molecule has 4 heterocycles. The van der Waals surface area contributed by atoms with Gasteiger partial charge < -0.3 is 9.42 Å². The first-order valence-electron chi connectivity index (χ1n) is 8.79. The number of rotatable bonds is 3. The lowest BCUT2D eigenvalue weighted by molar-refractivity contribution is 0.0675. The highest BCUT2D eigenvalue weighted by Gasteiger charge is 2.28. The van der Waals surface area contributed by atoms with E-state index in [1.54, 1.807) is 11.3 Å². The maximum absolute atomic E-state index is 12.9. The lowest BCUT2D eigenvalue weighted by Crippen LogP contribution is -2.39. The number of fused-ring (bicyclic) bond motifs is 1. The monoisotopic (exact) mass is 355 g/mol. The second kappa shape index (κ2) is 6.47. The van der Waals surface area contributed by atoms with E-state index in [0.29, 0.717) is 36.5 Å². The molecule has 0 aliphatic carbocycles. The van der Waals surface area contributed by atoms with Crippen LogP contribution in [-0.4, -0.2) is 53.6 Å². The quantitative estimate of drug-likeness (QED) is 0.702. The molecule has 0 bridgehead atoms. The summed E-state index contributed by atoms with van der Waals surface area (Å²) in [6, 6.07) is 1.92. The normalized spacial score (nSPS) is 15.7. The summed E-state index contributed by atoms with van der Waals surface area (Å²) in [5.41, 5.74) is 1.77. The largest absolute Gasteiger partial charge is 0.340 e. The summed E-state index contributed by atoms with van der Waals surface area (Å²) in [6.45, 7) is 7.00. The Kier molecular flexibility index (Phi) is 4.14. The third-order valence-corrected chi connectivity index (χ3v) is 4.83. The molecular formula is C17H21N7O2. The van der Waals surface area contributed by atoms with Crippen molar-refractivity contribution in [2.75, 3.05) is 13.1 Å². The number of aromatic nitrogens is 6. The molecule has 0 unspecified atom stereocenters. The van der Waals surface area contributed by atoms with Crippen molar-refractivity contribution < 1.29 is 9.32 Å². The van der Waals surface area contributed by atoms with Gasteiger partial charge in [0.25, 0.3) is 11.7 Å². The highest BCUT2D eigenvalue weighted by Crippen LogP contribution is 2.22. The van der Waals surface area contributed by atoms with Gasteiger partial charge in [0.05, 0.1) is 0 Å². The average Bonchev–Trinajstić information content (AvgIpc) is 3.21. The summed E-state index contributed by atoms with van der Waals surface area (Å²) in [5, 5.41) is 12.1. The molecule has 4 rings (SSSR count). The van der Waals surface area contributed by atoms with Gasteiger partial charge >= 0.3 is 0 Å². The first-order chi connectivity index (χ1) is 12.5. The second-order valence-corrected chi connectivity index (χ2v) is 6.87. The topological polar surface area (TPSA) is 102 Å². The van der Waals surface area contributed by atoms with Crippen LogP contribution in [0, 0.1) is 26.7 Å². The molecule has 1 amide bonds. The fourth-order valence-electron chi connectivity index (χ4n) is 3.53. The molecule has 1 aliphatic heterocycles. The van der Waals surface area contributed by atoms with Crippen LogP contribution in [0.5, 0.6) is 0 Å². The maximum atomic E-state index is 12.9. The van der Waals surface area contributed by atoms with Crippen LogP contribution in [0.4, 0.5) is 0 Å². The van der Waals surface area contributed by atoms with Crippen molar-refractivity contribution in [1.29, 1.82) is 0 Å². The van der Waals surface area contributed by atoms with E-state index in [1.807, 2.05) is 24.8 Å². The minimum Gasteiger partial charge on any atom is -0.340 e. The van der Waals surface area contributed by atoms with E-state index in [-0.39, 0.29) is 5.91 Å². The Labute approximate surface area is 150 Å². The molecule has 0 radical (unpaired) electrons. The molecule has 26 heavy (non-hydrogen) atoms. The number of carbonyl (C=O) groups excluding carboxylic acids is 1. The average molecular weight is 355 g/mol. The molecule has 9 heteroatoms. The lowest BCUT2D eigenvalue weighted by atomic mass is 9.93. The van der Waals surface area contributed by atoms with Crippen molar-refractivity contribution in [2.45, 2.75) is 40.0 Å². The number of piperidine rings is 1. The first-order valence-corrected chi connectivity index (χ1v) is 8.79. The number of likely N-dealkylation sites (tertiary alicyclic amines) is 1. The maximum Gasteiger partial charge on any atom is 0.292 e. The van der Waals surface area contributed by atoms with Gasteiger partial charge in [0, 0.05) is 37.8 Å². The number of carbonyl (C=O) groups is 1. The SMILES string of the molecule is Cc1cc(C)n2c(C(=O)N3CCC(Cc4noc(C)n4)CC3)nnc2n1. The molecule has 3 aromatic heterocycles. The van der Waals surface area contributed by atoms with Crippen LogP contribution in [0.15, 0.2) is 10.6 Å². The summed E-state index contributed by atoms with van der Waals surface area (Å²) in [6.07, 6.45) is 2.61. The highest BCUT2D eigenvalue weighted by molar-refractivity contribution is 5.91.